The molecular formula is C19H23N3OS. The van der Waals surface area contributed by atoms with Crippen molar-refractivity contribution < 1.29 is 4.79 Å². The van der Waals surface area contributed by atoms with Gasteiger partial charge in [0.25, 0.3) is 0 Å². The zero-order valence-corrected chi connectivity index (χ0v) is 14.9. The smallest absolute Gasteiger partial charge is 0.315 e. The van der Waals surface area contributed by atoms with Crippen LogP contribution >= 0.6 is 11.3 Å². The number of nitrogens with one attached hydrogen (secondary N) is 3. The van der Waals surface area contributed by atoms with E-state index in [9.17, 15) is 4.79 Å². The van der Waals surface area contributed by atoms with Crippen LogP contribution in [0.2, 0.25) is 0 Å². The van der Waals surface area contributed by atoms with Crippen LogP contribution in [0.4, 0.5) is 4.79 Å². The fraction of sp³-hybridized carbons (Fsp3) is 0.316. The highest BCUT2D eigenvalue weighted by molar-refractivity contribution is 7.07. The molecule has 0 bridgehead atoms. The lowest BCUT2D eigenvalue weighted by atomic mass is 10.1. The van der Waals surface area contributed by atoms with Gasteiger partial charge in [-0.05, 0) is 60.7 Å². The highest BCUT2D eigenvalue weighted by atomic mass is 32.1. The number of fused-ring (bicyclic) bond motifs is 1. The molecule has 0 aliphatic heterocycles. The molecule has 0 radical (unpaired) electrons. The highest BCUT2D eigenvalue weighted by Gasteiger charge is 2.10. The molecular weight excluding hydrogens is 318 g/mol. The Morgan fingerprint density at radius 3 is 2.92 bits per heavy atom. The number of benzene rings is 1. The summed E-state index contributed by atoms with van der Waals surface area (Å²) in [5.41, 5.74) is 4.86. The summed E-state index contributed by atoms with van der Waals surface area (Å²) in [6, 6.07) is 10.4. The summed E-state index contributed by atoms with van der Waals surface area (Å²) in [4.78, 5) is 15.4. The first-order valence-corrected chi connectivity index (χ1v) is 9.19. The van der Waals surface area contributed by atoms with Crippen LogP contribution in [-0.2, 0) is 12.8 Å². The van der Waals surface area contributed by atoms with Crippen molar-refractivity contribution in [2.75, 3.05) is 6.54 Å². The van der Waals surface area contributed by atoms with E-state index in [2.05, 4.69) is 51.5 Å². The zero-order chi connectivity index (χ0) is 16.9. The van der Waals surface area contributed by atoms with Gasteiger partial charge in [0.1, 0.15) is 0 Å². The van der Waals surface area contributed by atoms with Gasteiger partial charge in [-0.2, -0.15) is 11.3 Å². The molecule has 4 nitrogen and oxygen atoms in total. The molecule has 1 aromatic carbocycles. The Labute approximate surface area is 146 Å². The van der Waals surface area contributed by atoms with Gasteiger partial charge in [-0.25, -0.2) is 4.79 Å². The Morgan fingerprint density at radius 2 is 2.12 bits per heavy atom. The van der Waals surface area contributed by atoms with Gasteiger partial charge in [-0.3, -0.25) is 0 Å². The molecule has 0 saturated heterocycles. The maximum absolute atomic E-state index is 12.0. The van der Waals surface area contributed by atoms with Crippen molar-refractivity contribution in [2.45, 2.75) is 32.7 Å². The quantitative estimate of drug-likeness (QED) is 0.623. The monoisotopic (exact) mass is 341 g/mol. The first kappa shape index (κ1) is 16.6. The van der Waals surface area contributed by atoms with E-state index in [-0.39, 0.29) is 12.1 Å². The summed E-state index contributed by atoms with van der Waals surface area (Å²) in [5, 5.41) is 11.4. The van der Waals surface area contributed by atoms with Crippen LogP contribution in [0.15, 0.2) is 41.1 Å². The summed E-state index contributed by atoms with van der Waals surface area (Å²) in [6.07, 6.45) is 1.68. The van der Waals surface area contributed by atoms with Gasteiger partial charge in [0, 0.05) is 29.2 Å². The SMILES string of the molecule is Cc1[nH]c2ccccc2c1CCNC(=O)NC(C)Cc1ccsc1. The predicted octanol–water partition coefficient (Wildman–Crippen LogP) is 4.01. The third-order valence-electron chi connectivity index (χ3n) is 4.19. The molecule has 3 rings (SSSR count). The largest absolute Gasteiger partial charge is 0.358 e. The third kappa shape index (κ3) is 3.97. The minimum atomic E-state index is -0.102. The Balaban J connectivity index is 1.48. The average Bonchev–Trinajstić information content (AvgIpc) is 3.15. The number of rotatable bonds is 6. The Bertz CT molecular complexity index is 807. The number of aromatic nitrogens is 1. The Hall–Kier alpha value is -2.27. The number of aryl methyl sites for hydroxylation is 1. The van der Waals surface area contributed by atoms with Crippen molar-refractivity contribution in [1.82, 2.24) is 15.6 Å². The first-order chi connectivity index (χ1) is 11.6. The second kappa shape index (κ2) is 7.53. The van der Waals surface area contributed by atoms with Crippen LogP contribution in [0.25, 0.3) is 10.9 Å². The minimum absolute atomic E-state index is 0.102. The Kier molecular flexibility index (Phi) is 5.20. The summed E-state index contributed by atoms with van der Waals surface area (Å²) in [7, 11) is 0. The fourth-order valence-electron chi connectivity index (χ4n) is 3.05. The molecule has 0 aliphatic rings. The summed E-state index contributed by atoms with van der Waals surface area (Å²) in [5.74, 6) is 0. The van der Waals surface area contributed by atoms with E-state index >= 15 is 0 Å². The Morgan fingerprint density at radius 1 is 1.29 bits per heavy atom. The lowest BCUT2D eigenvalue weighted by molar-refractivity contribution is 0.238. The van der Waals surface area contributed by atoms with Crippen molar-refractivity contribution in [3.8, 4) is 0 Å². The molecule has 3 aromatic rings. The van der Waals surface area contributed by atoms with Crippen molar-refractivity contribution in [3.63, 3.8) is 0 Å². The summed E-state index contributed by atoms with van der Waals surface area (Å²) in [6.45, 7) is 4.74. The lowest BCUT2D eigenvalue weighted by Gasteiger charge is -2.14. The maximum Gasteiger partial charge on any atom is 0.315 e. The first-order valence-electron chi connectivity index (χ1n) is 8.25. The number of thiophene rings is 1. The average molecular weight is 341 g/mol. The van der Waals surface area contributed by atoms with Crippen LogP contribution in [0.3, 0.4) is 0 Å². The number of aromatic amines is 1. The van der Waals surface area contributed by atoms with Gasteiger partial charge in [0.2, 0.25) is 0 Å². The van der Waals surface area contributed by atoms with Crippen LogP contribution < -0.4 is 10.6 Å². The topological polar surface area (TPSA) is 56.9 Å². The van der Waals surface area contributed by atoms with Crippen LogP contribution in [0.1, 0.15) is 23.7 Å². The number of hydrogen-bond donors (Lipinski definition) is 3. The summed E-state index contributed by atoms with van der Waals surface area (Å²) >= 11 is 1.68. The van der Waals surface area contributed by atoms with Gasteiger partial charge in [0.15, 0.2) is 0 Å². The van der Waals surface area contributed by atoms with E-state index in [0.717, 1.165) is 18.4 Å². The molecule has 2 heterocycles. The lowest BCUT2D eigenvalue weighted by Crippen LogP contribution is -2.42. The molecule has 0 spiro atoms. The minimum Gasteiger partial charge on any atom is -0.358 e. The zero-order valence-electron chi connectivity index (χ0n) is 14.1. The second-order valence-corrected chi connectivity index (χ2v) is 6.94. The van der Waals surface area contributed by atoms with E-state index in [0.29, 0.717) is 6.54 Å². The molecule has 0 aliphatic carbocycles. The third-order valence-corrected chi connectivity index (χ3v) is 4.92. The normalized spacial score (nSPS) is 12.2. The van der Waals surface area contributed by atoms with Crippen LogP contribution in [0, 0.1) is 6.92 Å². The molecule has 24 heavy (non-hydrogen) atoms. The standard InChI is InChI=1S/C19H23N3OS/c1-13(11-15-8-10-24-12-15)21-19(23)20-9-7-16-14(2)22-18-6-4-3-5-17(16)18/h3-6,8,10,12-13,22H,7,9,11H2,1-2H3,(H2,20,21,23). The molecule has 0 fully saturated rings. The fourth-order valence-corrected chi connectivity index (χ4v) is 3.73. The number of H-pyrrole nitrogens is 1. The molecule has 3 N–H and O–H groups in total. The number of urea groups is 1. The number of carbonyl (C=O) groups is 1. The molecule has 126 valence electrons. The molecule has 0 saturated carbocycles. The van der Waals surface area contributed by atoms with Gasteiger partial charge in [0.05, 0.1) is 0 Å². The number of para-hydroxylation sites is 1. The van der Waals surface area contributed by atoms with E-state index < -0.39 is 0 Å². The predicted molar refractivity (Wildman–Crippen MR) is 101 cm³/mol. The number of hydrogen-bond acceptors (Lipinski definition) is 2. The molecule has 2 aromatic heterocycles. The van der Waals surface area contributed by atoms with Crippen LogP contribution in [0.5, 0.6) is 0 Å². The van der Waals surface area contributed by atoms with E-state index in [1.807, 2.05) is 19.1 Å². The molecule has 5 heteroatoms. The van der Waals surface area contributed by atoms with Gasteiger partial charge < -0.3 is 15.6 Å². The van der Waals surface area contributed by atoms with Crippen molar-refractivity contribution in [1.29, 1.82) is 0 Å². The van der Waals surface area contributed by atoms with Crippen molar-refractivity contribution >= 4 is 28.3 Å². The highest BCUT2D eigenvalue weighted by Crippen LogP contribution is 2.21. The molecule has 1 atom stereocenters. The second-order valence-electron chi connectivity index (χ2n) is 6.16. The van der Waals surface area contributed by atoms with Gasteiger partial charge >= 0.3 is 6.03 Å². The number of amides is 2. The van der Waals surface area contributed by atoms with E-state index in [1.165, 1.54) is 22.2 Å². The van der Waals surface area contributed by atoms with Crippen molar-refractivity contribution in [2.24, 2.45) is 0 Å². The van der Waals surface area contributed by atoms with Gasteiger partial charge in [-0.15, -0.1) is 0 Å². The van der Waals surface area contributed by atoms with Gasteiger partial charge in [-0.1, -0.05) is 18.2 Å². The van der Waals surface area contributed by atoms with E-state index in [1.54, 1.807) is 11.3 Å². The van der Waals surface area contributed by atoms with E-state index in [4.69, 9.17) is 0 Å². The number of carbonyl (C=O) groups excluding carboxylic acids is 1. The van der Waals surface area contributed by atoms with Crippen molar-refractivity contribution in [3.05, 3.63) is 57.9 Å². The maximum atomic E-state index is 12.0. The van der Waals surface area contributed by atoms with Crippen LogP contribution in [-0.4, -0.2) is 23.6 Å². The summed E-state index contributed by atoms with van der Waals surface area (Å²) < 4.78 is 0. The molecule has 2 amide bonds. The molecule has 1 unspecified atom stereocenters.